The van der Waals surface area contributed by atoms with E-state index in [1.54, 1.807) is 0 Å². The van der Waals surface area contributed by atoms with E-state index in [9.17, 15) is 0 Å². The summed E-state index contributed by atoms with van der Waals surface area (Å²) in [5.74, 6) is 0.984. The second-order valence-electron chi connectivity index (χ2n) is 13.0. The Morgan fingerprint density at radius 3 is 1.47 bits per heavy atom. The molecule has 4 heteroatoms. The SMILES string of the molecule is CC(C)(C)c1cc(C(C)(C)C)c(SCCB2OC(C)(C)C(C)(C)O2)c(C(C)(C)C)c1. The Hall–Kier alpha value is -0.445. The van der Waals surface area contributed by atoms with Gasteiger partial charge in [0.15, 0.2) is 0 Å². The predicted octanol–water partition coefficient (Wildman–Crippen LogP) is 7.76. The maximum absolute atomic E-state index is 6.23. The van der Waals surface area contributed by atoms with Crippen LogP contribution < -0.4 is 0 Å². The van der Waals surface area contributed by atoms with Crippen molar-refractivity contribution in [2.75, 3.05) is 5.75 Å². The zero-order chi connectivity index (χ0) is 23.3. The standard InChI is InChI=1S/C26H45BO2S/c1-22(2,3)18-16-19(23(4,5)6)21(20(17-18)24(7,8)9)30-15-14-27-28-25(10,11)26(12,13)29-27/h16-17H,14-15H2,1-13H3. The van der Waals surface area contributed by atoms with Crippen LogP contribution in [0.3, 0.4) is 0 Å². The maximum Gasteiger partial charge on any atom is 0.458 e. The summed E-state index contributed by atoms with van der Waals surface area (Å²) in [5.41, 5.74) is 4.13. The van der Waals surface area contributed by atoms with E-state index in [2.05, 4.69) is 102 Å². The fraction of sp³-hybridized carbons (Fsp3) is 0.769. The molecule has 1 saturated heterocycles. The molecule has 2 rings (SSSR count). The van der Waals surface area contributed by atoms with Crippen LogP contribution in [0.5, 0.6) is 0 Å². The van der Waals surface area contributed by atoms with Gasteiger partial charge in [-0.05, 0) is 72.7 Å². The van der Waals surface area contributed by atoms with Crippen molar-refractivity contribution in [3.8, 4) is 0 Å². The predicted molar refractivity (Wildman–Crippen MR) is 134 cm³/mol. The highest BCUT2D eigenvalue weighted by Crippen LogP contribution is 2.44. The maximum atomic E-state index is 6.23. The molecule has 0 spiro atoms. The van der Waals surface area contributed by atoms with E-state index in [1.165, 1.54) is 21.6 Å². The molecule has 2 nitrogen and oxygen atoms in total. The second-order valence-corrected chi connectivity index (χ2v) is 14.1. The lowest BCUT2D eigenvalue weighted by atomic mass is 9.75. The molecule has 0 bridgehead atoms. The third kappa shape index (κ3) is 5.67. The van der Waals surface area contributed by atoms with Crippen molar-refractivity contribution in [1.82, 2.24) is 0 Å². The molecule has 1 heterocycles. The summed E-state index contributed by atoms with van der Waals surface area (Å²) in [6.07, 6.45) is 0.895. The van der Waals surface area contributed by atoms with Gasteiger partial charge >= 0.3 is 7.12 Å². The topological polar surface area (TPSA) is 18.5 Å². The second kappa shape index (κ2) is 8.16. The van der Waals surface area contributed by atoms with Crippen LogP contribution in [0.1, 0.15) is 107 Å². The Morgan fingerprint density at radius 1 is 0.733 bits per heavy atom. The Labute approximate surface area is 191 Å². The van der Waals surface area contributed by atoms with Gasteiger partial charge in [0.1, 0.15) is 0 Å². The van der Waals surface area contributed by atoms with Crippen molar-refractivity contribution < 1.29 is 9.31 Å². The average Bonchev–Trinajstić information content (AvgIpc) is 2.71. The number of hydrogen-bond acceptors (Lipinski definition) is 3. The van der Waals surface area contributed by atoms with Crippen molar-refractivity contribution in [1.29, 1.82) is 0 Å². The van der Waals surface area contributed by atoms with E-state index in [0.29, 0.717) is 0 Å². The fourth-order valence-electron chi connectivity index (χ4n) is 3.67. The van der Waals surface area contributed by atoms with Gasteiger partial charge in [-0.3, -0.25) is 0 Å². The quantitative estimate of drug-likeness (QED) is 0.358. The lowest BCUT2D eigenvalue weighted by Gasteiger charge is -2.33. The van der Waals surface area contributed by atoms with Crippen LogP contribution in [0.15, 0.2) is 17.0 Å². The number of rotatable bonds is 4. The third-order valence-corrected chi connectivity index (χ3v) is 7.64. The lowest BCUT2D eigenvalue weighted by molar-refractivity contribution is 0.00578. The smallest absolute Gasteiger partial charge is 0.403 e. The molecule has 1 aromatic rings. The number of thioether (sulfide) groups is 1. The van der Waals surface area contributed by atoms with Gasteiger partial charge in [0.2, 0.25) is 0 Å². The summed E-state index contributed by atoms with van der Waals surface area (Å²) >= 11 is 1.97. The van der Waals surface area contributed by atoms with Crippen LogP contribution >= 0.6 is 11.8 Å². The molecular weight excluding hydrogens is 387 g/mol. The summed E-state index contributed by atoms with van der Waals surface area (Å²) in [5, 5.41) is 0. The van der Waals surface area contributed by atoms with E-state index < -0.39 is 0 Å². The zero-order valence-electron chi connectivity index (χ0n) is 21.9. The molecular formula is C26H45BO2S. The van der Waals surface area contributed by atoms with Crippen molar-refractivity contribution in [3.05, 3.63) is 28.8 Å². The Bertz CT molecular complexity index is 710. The van der Waals surface area contributed by atoms with Crippen LogP contribution in [-0.2, 0) is 25.6 Å². The molecule has 0 N–H and O–H groups in total. The molecule has 0 saturated carbocycles. The first-order chi connectivity index (χ1) is 13.3. The number of benzene rings is 1. The summed E-state index contributed by atoms with van der Waals surface area (Å²) in [7, 11) is -0.132. The van der Waals surface area contributed by atoms with Gasteiger partial charge < -0.3 is 9.31 Å². The lowest BCUT2D eigenvalue weighted by Crippen LogP contribution is -2.41. The van der Waals surface area contributed by atoms with Crippen LogP contribution in [-0.4, -0.2) is 24.1 Å². The normalized spacial score (nSPS) is 19.4. The molecule has 170 valence electrons. The van der Waals surface area contributed by atoms with Crippen molar-refractivity contribution in [2.45, 2.75) is 129 Å². The largest absolute Gasteiger partial charge is 0.458 e. The molecule has 0 amide bonds. The summed E-state index contributed by atoms with van der Waals surface area (Å²) in [6.45, 7) is 29.4. The fourth-order valence-corrected chi connectivity index (χ4v) is 5.23. The van der Waals surface area contributed by atoms with Gasteiger partial charge in [0.25, 0.3) is 0 Å². The van der Waals surface area contributed by atoms with E-state index in [0.717, 1.165) is 12.1 Å². The Morgan fingerprint density at radius 2 is 1.13 bits per heavy atom. The van der Waals surface area contributed by atoms with Crippen LogP contribution in [0.2, 0.25) is 6.32 Å². The van der Waals surface area contributed by atoms with Gasteiger partial charge in [-0.25, -0.2) is 0 Å². The van der Waals surface area contributed by atoms with E-state index in [4.69, 9.17) is 9.31 Å². The minimum Gasteiger partial charge on any atom is -0.403 e. The van der Waals surface area contributed by atoms with E-state index >= 15 is 0 Å². The molecule has 0 aliphatic carbocycles. The first-order valence-corrected chi connectivity index (χ1v) is 12.4. The molecule has 1 aliphatic rings. The minimum absolute atomic E-state index is 0.0912. The van der Waals surface area contributed by atoms with E-state index in [1.807, 2.05) is 11.8 Å². The molecule has 0 unspecified atom stereocenters. The summed E-state index contributed by atoms with van der Waals surface area (Å²) in [4.78, 5) is 1.44. The molecule has 1 aromatic carbocycles. The van der Waals surface area contributed by atoms with Gasteiger partial charge in [-0.2, -0.15) is 0 Å². The van der Waals surface area contributed by atoms with Crippen LogP contribution in [0.4, 0.5) is 0 Å². The first-order valence-electron chi connectivity index (χ1n) is 11.4. The van der Waals surface area contributed by atoms with Gasteiger partial charge in [-0.15, -0.1) is 11.8 Å². The molecule has 1 aliphatic heterocycles. The monoisotopic (exact) mass is 432 g/mol. The third-order valence-electron chi connectivity index (χ3n) is 6.47. The first kappa shape index (κ1) is 25.8. The molecule has 1 fully saturated rings. The van der Waals surface area contributed by atoms with Gasteiger partial charge in [0, 0.05) is 4.90 Å². The Balaban J connectivity index is 2.36. The van der Waals surface area contributed by atoms with Crippen molar-refractivity contribution >= 4 is 18.9 Å². The summed E-state index contributed by atoms with van der Waals surface area (Å²) < 4.78 is 12.5. The van der Waals surface area contributed by atoms with Crippen molar-refractivity contribution in [2.24, 2.45) is 0 Å². The Kier molecular flexibility index (Phi) is 7.02. The zero-order valence-corrected chi connectivity index (χ0v) is 22.7. The van der Waals surface area contributed by atoms with Crippen LogP contribution in [0, 0.1) is 0 Å². The molecule has 30 heavy (non-hydrogen) atoms. The highest BCUT2D eigenvalue weighted by Gasteiger charge is 2.50. The molecule has 0 radical (unpaired) electrons. The van der Waals surface area contributed by atoms with Gasteiger partial charge in [0.05, 0.1) is 11.2 Å². The van der Waals surface area contributed by atoms with Crippen LogP contribution in [0.25, 0.3) is 0 Å². The highest BCUT2D eigenvalue weighted by atomic mass is 32.2. The minimum atomic E-state index is -0.260. The molecule has 0 aromatic heterocycles. The summed E-state index contributed by atoms with van der Waals surface area (Å²) in [6, 6.07) is 4.90. The van der Waals surface area contributed by atoms with E-state index in [-0.39, 0.29) is 34.6 Å². The van der Waals surface area contributed by atoms with Gasteiger partial charge in [-0.1, -0.05) is 74.4 Å². The highest BCUT2D eigenvalue weighted by molar-refractivity contribution is 7.99. The molecule has 0 atom stereocenters. The number of hydrogen-bond donors (Lipinski definition) is 0. The van der Waals surface area contributed by atoms with Crippen molar-refractivity contribution in [3.63, 3.8) is 0 Å². The average molecular weight is 433 g/mol.